The second-order valence-electron chi connectivity index (χ2n) is 7.34. The first-order valence-corrected chi connectivity index (χ1v) is 9.27. The molecule has 0 spiro atoms. The highest BCUT2D eigenvalue weighted by Crippen LogP contribution is 2.37. The molecule has 0 bridgehead atoms. The summed E-state index contributed by atoms with van der Waals surface area (Å²) in [5.74, 6) is 0.914. The molecular formula is C19H26F3N3O. The van der Waals surface area contributed by atoms with Crippen LogP contribution in [0.15, 0.2) is 24.3 Å². The van der Waals surface area contributed by atoms with Crippen molar-refractivity contribution in [1.82, 2.24) is 10.2 Å². The Hall–Kier alpha value is -1.76. The molecule has 4 nitrogen and oxygen atoms in total. The lowest BCUT2D eigenvalue weighted by Crippen LogP contribution is -2.47. The van der Waals surface area contributed by atoms with Crippen LogP contribution in [0.3, 0.4) is 0 Å². The van der Waals surface area contributed by atoms with Gasteiger partial charge in [0.1, 0.15) is 0 Å². The van der Waals surface area contributed by atoms with Crippen LogP contribution < -0.4 is 10.2 Å². The monoisotopic (exact) mass is 369 g/mol. The van der Waals surface area contributed by atoms with Crippen LogP contribution in [0.1, 0.15) is 25.3 Å². The van der Waals surface area contributed by atoms with Gasteiger partial charge in [-0.15, -0.1) is 0 Å². The van der Waals surface area contributed by atoms with Crippen LogP contribution in [0.5, 0.6) is 0 Å². The van der Waals surface area contributed by atoms with E-state index in [1.165, 1.54) is 12.1 Å². The third-order valence-electron chi connectivity index (χ3n) is 5.31. The number of amides is 1. The zero-order valence-electron chi connectivity index (χ0n) is 15.1. The topological polar surface area (TPSA) is 35.6 Å². The fourth-order valence-corrected chi connectivity index (χ4v) is 3.44. The standard InChI is InChI=1S/C19H26F3N3O/c1-14-12-17(14)18(26)23-6-3-7-24-8-10-25(11-9-24)16-5-2-4-15(13-16)19(20,21)22/h2,4-5,13-14,17H,3,6-12H2,1H3,(H,23,26)/t14-,17+/m0/s1. The number of alkyl halides is 3. The van der Waals surface area contributed by atoms with Crippen LogP contribution in [-0.2, 0) is 11.0 Å². The van der Waals surface area contributed by atoms with E-state index in [1.807, 2.05) is 4.90 Å². The van der Waals surface area contributed by atoms with E-state index < -0.39 is 11.7 Å². The van der Waals surface area contributed by atoms with Crippen molar-refractivity contribution >= 4 is 11.6 Å². The first-order chi connectivity index (χ1) is 12.3. The Kier molecular flexibility index (Phi) is 5.75. The number of anilines is 1. The molecule has 2 aliphatic rings. The number of hydrogen-bond acceptors (Lipinski definition) is 3. The molecule has 144 valence electrons. The average molecular weight is 369 g/mol. The average Bonchev–Trinajstić information content (AvgIpc) is 3.35. The Labute approximate surface area is 152 Å². The molecule has 1 N–H and O–H groups in total. The smallest absolute Gasteiger partial charge is 0.369 e. The fraction of sp³-hybridized carbons (Fsp3) is 0.632. The summed E-state index contributed by atoms with van der Waals surface area (Å²) in [6, 6.07) is 5.54. The van der Waals surface area contributed by atoms with E-state index in [0.29, 0.717) is 31.2 Å². The van der Waals surface area contributed by atoms with Crippen LogP contribution >= 0.6 is 0 Å². The first kappa shape index (κ1) is 19.0. The van der Waals surface area contributed by atoms with Crippen LogP contribution in [0.4, 0.5) is 18.9 Å². The summed E-state index contributed by atoms with van der Waals surface area (Å²) in [6.45, 7) is 6.76. The molecule has 3 rings (SSSR count). The van der Waals surface area contributed by atoms with E-state index in [0.717, 1.165) is 38.5 Å². The van der Waals surface area contributed by atoms with E-state index in [9.17, 15) is 18.0 Å². The zero-order valence-corrected chi connectivity index (χ0v) is 15.1. The largest absolute Gasteiger partial charge is 0.416 e. The molecule has 1 aromatic carbocycles. The Bertz CT molecular complexity index is 627. The molecule has 1 aromatic rings. The van der Waals surface area contributed by atoms with E-state index in [4.69, 9.17) is 0 Å². The highest BCUT2D eigenvalue weighted by molar-refractivity contribution is 5.81. The van der Waals surface area contributed by atoms with Gasteiger partial charge in [-0.05, 0) is 43.5 Å². The van der Waals surface area contributed by atoms with Crippen molar-refractivity contribution in [3.05, 3.63) is 29.8 Å². The predicted octanol–water partition coefficient (Wildman–Crippen LogP) is 2.99. The number of rotatable bonds is 6. The van der Waals surface area contributed by atoms with Crippen LogP contribution in [0.25, 0.3) is 0 Å². The zero-order chi connectivity index (χ0) is 18.7. The molecule has 7 heteroatoms. The summed E-state index contributed by atoms with van der Waals surface area (Å²) in [5.41, 5.74) is 0.0310. The van der Waals surface area contributed by atoms with Crippen molar-refractivity contribution in [3.63, 3.8) is 0 Å². The van der Waals surface area contributed by atoms with Gasteiger partial charge in [0.25, 0.3) is 0 Å². The van der Waals surface area contributed by atoms with Gasteiger partial charge in [0, 0.05) is 44.3 Å². The van der Waals surface area contributed by atoms with Gasteiger partial charge in [0.2, 0.25) is 5.91 Å². The van der Waals surface area contributed by atoms with Gasteiger partial charge < -0.3 is 10.2 Å². The molecule has 2 fully saturated rings. The Morgan fingerprint density at radius 1 is 1.23 bits per heavy atom. The second kappa shape index (κ2) is 7.86. The maximum atomic E-state index is 12.8. The van der Waals surface area contributed by atoms with Gasteiger partial charge in [0.15, 0.2) is 0 Å². The Morgan fingerprint density at radius 2 is 1.92 bits per heavy atom. The highest BCUT2D eigenvalue weighted by Gasteiger charge is 2.38. The van der Waals surface area contributed by atoms with Crippen molar-refractivity contribution < 1.29 is 18.0 Å². The number of benzene rings is 1. The molecular weight excluding hydrogens is 343 g/mol. The highest BCUT2D eigenvalue weighted by atomic mass is 19.4. The van der Waals surface area contributed by atoms with E-state index in [2.05, 4.69) is 17.1 Å². The molecule has 0 aromatic heterocycles. The number of hydrogen-bond donors (Lipinski definition) is 1. The number of halogens is 3. The Morgan fingerprint density at radius 3 is 2.54 bits per heavy atom. The Balaban J connectivity index is 1.38. The van der Waals surface area contributed by atoms with Crippen LogP contribution in [-0.4, -0.2) is 50.1 Å². The summed E-state index contributed by atoms with van der Waals surface area (Å²) in [7, 11) is 0. The SMILES string of the molecule is C[C@H]1C[C@H]1C(=O)NCCCN1CCN(c2cccc(C(F)(F)F)c2)CC1. The lowest BCUT2D eigenvalue weighted by Gasteiger charge is -2.36. The van der Waals surface area contributed by atoms with E-state index in [-0.39, 0.29) is 11.8 Å². The van der Waals surface area contributed by atoms with Crippen molar-refractivity contribution in [3.8, 4) is 0 Å². The van der Waals surface area contributed by atoms with Crippen LogP contribution in [0, 0.1) is 11.8 Å². The quantitative estimate of drug-likeness (QED) is 0.783. The molecule has 1 saturated heterocycles. The second-order valence-corrected chi connectivity index (χ2v) is 7.34. The molecule has 0 unspecified atom stereocenters. The summed E-state index contributed by atoms with van der Waals surface area (Å²) in [4.78, 5) is 16.1. The third-order valence-corrected chi connectivity index (χ3v) is 5.31. The van der Waals surface area contributed by atoms with Gasteiger partial charge in [0.05, 0.1) is 5.56 Å². The van der Waals surface area contributed by atoms with Crippen molar-refractivity contribution in [2.45, 2.75) is 25.9 Å². The lowest BCUT2D eigenvalue weighted by molar-refractivity contribution is -0.137. The number of carbonyl (C=O) groups is 1. The molecule has 1 aliphatic heterocycles. The summed E-state index contributed by atoms with van der Waals surface area (Å²) in [6.07, 6.45) is -2.40. The number of nitrogens with zero attached hydrogens (tertiary/aromatic N) is 2. The molecule has 1 saturated carbocycles. The number of piperazine rings is 1. The summed E-state index contributed by atoms with van der Waals surface area (Å²) >= 11 is 0. The van der Waals surface area contributed by atoms with Crippen molar-refractivity contribution in [2.75, 3.05) is 44.2 Å². The maximum Gasteiger partial charge on any atom is 0.416 e. The van der Waals surface area contributed by atoms with E-state index in [1.54, 1.807) is 6.07 Å². The summed E-state index contributed by atoms with van der Waals surface area (Å²) in [5, 5.41) is 2.99. The maximum absolute atomic E-state index is 12.8. The van der Waals surface area contributed by atoms with Gasteiger partial charge in [-0.25, -0.2) is 0 Å². The number of carbonyl (C=O) groups excluding carboxylic acids is 1. The molecule has 1 heterocycles. The van der Waals surface area contributed by atoms with Crippen molar-refractivity contribution in [2.24, 2.45) is 11.8 Å². The lowest BCUT2D eigenvalue weighted by atomic mass is 10.1. The summed E-state index contributed by atoms with van der Waals surface area (Å²) < 4.78 is 38.5. The van der Waals surface area contributed by atoms with Crippen molar-refractivity contribution in [1.29, 1.82) is 0 Å². The van der Waals surface area contributed by atoms with Gasteiger partial charge >= 0.3 is 6.18 Å². The van der Waals surface area contributed by atoms with Gasteiger partial charge in [-0.2, -0.15) is 13.2 Å². The first-order valence-electron chi connectivity index (χ1n) is 9.27. The molecule has 2 atom stereocenters. The van der Waals surface area contributed by atoms with Gasteiger partial charge in [-0.1, -0.05) is 13.0 Å². The number of nitrogens with one attached hydrogen (secondary N) is 1. The molecule has 0 radical (unpaired) electrons. The molecule has 26 heavy (non-hydrogen) atoms. The minimum atomic E-state index is -4.31. The van der Waals surface area contributed by atoms with Gasteiger partial charge in [-0.3, -0.25) is 9.69 Å². The van der Waals surface area contributed by atoms with E-state index >= 15 is 0 Å². The normalized spacial score (nSPS) is 23.8. The molecule has 1 amide bonds. The minimum absolute atomic E-state index is 0.173. The third kappa shape index (κ3) is 4.90. The van der Waals surface area contributed by atoms with Crippen LogP contribution in [0.2, 0.25) is 0 Å². The minimum Gasteiger partial charge on any atom is -0.369 e. The predicted molar refractivity (Wildman–Crippen MR) is 95.0 cm³/mol. The molecule has 1 aliphatic carbocycles. The fourth-order valence-electron chi connectivity index (χ4n) is 3.44.